The van der Waals surface area contributed by atoms with E-state index in [9.17, 15) is 44.3 Å². The van der Waals surface area contributed by atoms with Crippen LogP contribution in [-0.2, 0) is 34.8 Å². The van der Waals surface area contributed by atoms with Crippen molar-refractivity contribution in [3.05, 3.63) is 35.9 Å². The lowest BCUT2D eigenvalue weighted by Gasteiger charge is -2.38. The number of aryl methyl sites for hydroxylation is 1. The van der Waals surface area contributed by atoms with E-state index in [0.29, 0.717) is 12.8 Å². The summed E-state index contributed by atoms with van der Waals surface area (Å²) in [6.45, 7) is 0.213. The quantitative estimate of drug-likeness (QED) is 0.138. The molecular formula is C29H42NO11P. The Morgan fingerprint density at radius 1 is 0.952 bits per heavy atom. The minimum absolute atomic E-state index is 0.0283. The Kier molecular flexibility index (Phi) is 11.2. The van der Waals surface area contributed by atoms with Crippen LogP contribution in [0.3, 0.4) is 0 Å². The van der Waals surface area contributed by atoms with Crippen LogP contribution in [0.15, 0.2) is 30.3 Å². The number of benzene rings is 1. The van der Waals surface area contributed by atoms with Crippen LogP contribution in [0, 0.1) is 11.8 Å². The molecule has 1 aromatic carbocycles. The molecule has 3 aliphatic rings. The summed E-state index contributed by atoms with van der Waals surface area (Å²) in [7, 11) is -3.84. The predicted molar refractivity (Wildman–Crippen MR) is 150 cm³/mol. The molecule has 8 atom stereocenters. The van der Waals surface area contributed by atoms with Crippen molar-refractivity contribution in [3.8, 4) is 0 Å². The molecule has 1 aliphatic carbocycles. The van der Waals surface area contributed by atoms with Gasteiger partial charge in [0.25, 0.3) is 0 Å². The molecule has 4 rings (SSSR count). The average Bonchev–Trinajstić information content (AvgIpc) is 3.42. The highest BCUT2D eigenvalue weighted by molar-refractivity contribution is 7.58. The van der Waals surface area contributed by atoms with E-state index in [-0.39, 0.29) is 31.0 Å². The van der Waals surface area contributed by atoms with Gasteiger partial charge in [-0.2, -0.15) is 0 Å². The summed E-state index contributed by atoms with van der Waals surface area (Å²) in [4.78, 5) is 50.1. The number of aliphatic hydroxyl groups excluding tert-OH is 3. The monoisotopic (exact) mass is 611 g/mol. The van der Waals surface area contributed by atoms with Gasteiger partial charge >= 0.3 is 11.9 Å². The van der Waals surface area contributed by atoms with Crippen LogP contribution in [0.2, 0.25) is 0 Å². The summed E-state index contributed by atoms with van der Waals surface area (Å²) in [5.41, 5.74) is 1.12. The second-order valence-corrected chi connectivity index (χ2v) is 14.3. The maximum Gasteiger partial charge on any atom is 0.335 e. The number of aliphatic hydroxyl groups is 3. The zero-order valence-electron chi connectivity index (χ0n) is 23.6. The fourth-order valence-electron chi connectivity index (χ4n) is 6.37. The van der Waals surface area contributed by atoms with Crippen LogP contribution in [0.4, 0.5) is 0 Å². The van der Waals surface area contributed by atoms with Gasteiger partial charge in [0.1, 0.15) is 30.5 Å². The maximum atomic E-state index is 13.4. The summed E-state index contributed by atoms with van der Waals surface area (Å²) in [6, 6.07) is 8.62. The molecule has 2 heterocycles. The number of unbranched alkanes of at least 4 members (excludes halogenated alkanes) is 1. The Morgan fingerprint density at radius 2 is 1.64 bits per heavy atom. The second kappa shape index (κ2) is 14.4. The van der Waals surface area contributed by atoms with Gasteiger partial charge in [0.05, 0.1) is 0 Å². The smallest absolute Gasteiger partial charge is 0.335 e. The van der Waals surface area contributed by atoms with Crippen molar-refractivity contribution in [1.82, 2.24) is 4.90 Å². The highest BCUT2D eigenvalue weighted by atomic mass is 31.2. The summed E-state index contributed by atoms with van der Waals surface area (Å²) in [5, 5.41) is 39.6. The van der Waals surface area contributed by atoms with E-state index >= 15 is 0 Å². The Hall–Kier alpha value is -2.34. The zero-order valence-corrected chi connectivity index (χ0v) is 24.5. The van der Waals surface area contributed by atoms with Crippen molar-refractivity contribution >= 4 is 25.2 Å². The van der Waals surface area contributed by atoms with E-state index in [1.165, 1.54) is 4.90 Å². The number of amides is 1. The molecule has 13 heteroatoms. The Bertz CT molecular complexity index is 1130. The third-order valence-corrected chi connectivity index (χ3v) is 10.5. The molecule has 234 valence electrons. The SMILES string of the molecule is O=C(O)C1O[C@@H](OC(=O)[C@@H]2C[C@H](C3CCCCC3)CN2C(=O)CP(=O)(O)CCCCc2ccccc2)C(O)C(O)[C@@H]1O. The normalized spacial score (nSPS) is 31.8. The van der Waals surface area contributed by atoms with Gasteiger partial charge in [0.2, 0.25) is 19.6 Å². The second-order valence-electron chi connectivity index (χ2n) is 11.8. The summed E-state index contributed by atoms with van der Waals surface area (Å²) in [6.07, 6.45) is -3.06. The molecule has 1 aromatic rings. The average molecular weight is 612 g/mol. The van der Waals surface area contributed by atoms with Gasteiger partial charge in [-0.3, -0.25) is 9.36 Å². The maximum absolute atomic E-state index is 13.4. The molecule has 3 fully saturated rings. The molecule has 0 bridgehead atoms. The number of carbonyl (C=O) groups excluding carboxylic acids is 2. The Labute approximate surface area is 245 Å². The third-order valence-electron chi connectivity index (χ3n) is 8.74. The van der Waals surface area contributed by atoms with Crippen molar-refractivity contribution in [2.45, 2.75) is 94.5 Å². The molecule has 12 nitrogen and oxygen atoms in total. The number of rotatable bonds is 11. The number of carboxylic acid groups (broad SMARTS) is 1. The summed E-state index contributed by atoms with van der Waals surface area (Å²) < 4.78 is 23.4. The molecule has 5 N–H and O–H groups in total. The summed E-state index contributed by atoms with van der Waals surface area (Å²) in [5.74, 6) is -3.00. The van der Waals surface area contributed by atoms with Gasteiger partial charge < -0.3 is 39.7 Å². The van der Waals surface area contributed by atoms with E-state index in [1.54, 1.807) is 0 Å². The molecule has 1 saturated carbocycles. The van der Waals surface area contributed by atoms with Gasteiger partial charge in [-0.1, -0.05) is 62.4 Å². The first-order valence-corrected chi connectivity index (χ1v) is 16.8. The lowest BCUT2D eigenvalue weighted by atomic mass is 9.79. The lowest BCUT2D eigenvalue weighted by molar-refractivity contribution is -0.287. The minimum atomic E-state index is -3.84. The van der Waals surface area contributed by atoms with E-state index in [0.717, 1.165) is 44.1 Å². The fraction of sp³-hybridized carbons (Fsp3) is 0.690. The molecule has 1 amide bonds. The summed E-state index contributed by atoms with van der Waals surface area (Å²) >= 11 is 0. The van der Waals surface area contributed by atoms with Crippen LogP contribution in [0.1, 0.15) is 56.9 Å². The van der Waals surface area contributed by atoms with Gasteiger partial charge in [0.15, 0.2) is 6.10 Å². The third kappa shape index (κ3) is 8.18. The Morgan fingerprint density at radius 3 is 2.31 bits per heavy atom. The molecule has 4 unspecified atom stereocenters. The molecule has 2 aliphatic heterocycles. The van der Waals surface area contributed by atoms with E-state index in [4.69, 9.17) is 9.47 Å². The lowest BCUT2D eigenvalue weighted by Crippen LogP contribution is -2.61. The first kappa shape index (κ1) is 32.6. The Balaban J connectivity index is 1.41. The first-order valence-electron chi connectivity index (χ1n) is 14.7. The number of nitrogens with zero attached hydrogens (tertiary/aromatic N) is 1. The van der Waals surface area contributed by atoms with Crippen LogP contribution in [0.25, 0.3) is 0 Å². The number of ether oxygens (including phenoxy) is 2. The number of esters is 1. The zero-order chi connectivity index (χ0) is 30.4. The standard InChI is InChI=1S/C29H42NO11P/c31-22(17-42(38,39)14-8-7-11-18-9-3-1-4-10-18)30-16-20(19-12-5-2-6-13-19)15-21(30)28(37)41-29-25(34)23(32)24(33)26(40-29)27(35)36/h1,3-4,9-10,19-21,23-26,29,32-34H,2,5-8,11-17H2,(H,35,36)(H,38,39)/t20-,21-,23?,24-,25?,26?,29-/m0/s1. The molecular weight excluding hydrogens is 569 g/mol. The number of aliphatic carboxylic acids is 1. The van der Waals surface area contributed by atoms with Gasteiger partial charge in [-0.25, -0.2) is 9.59 Å². The van der Waals surface area contributed by atoms with Crippen molar-refractivity contribution in [3.63, 3.8) is 0 Å². The van der Waals surface area contributed by atoms with Gasteiger partial charge in [0, 0.05) is 12.7 Å². The van der Waals surface area contributed by atoms with Crippen molar-refractivity contribution in [2.75, 3.05) is 18.9 Å². The highest BCUT2D eigenvalue weighted by Gasteiger charge is 2.51. The van der Waals surface area contributed by atoms with Gasteiger partial charge in [-0.05, 0) is 43.1 Å². The number of likely N-dealkylation sites (tertiary alicyclic amines) is 1. The van der Waals surface area contributed by atoms with E-state index in [2.05, 4.69) is 0 Å². The van der Waals surface area contributed by atoms with Crippen molar-refractivity contribution in [1.29, 1.82) is 0 Å². The number of carboxylic acids is 1. The van der Waals surface area contributed by atoms with Crippen LogP contribution >= 0.6 is 7.37 Å². The van der Waals surface area contributed by atoms with Crippen LogP contribution in [0.5, 0.6) is 0 Å². The van der Waals surface area contributed by atoms with Crippen LogP contribution < -0.4 is 0 Å². The molecule has 42 heavy (non-hydrogen) atoms. The van der Waals surface area contributed by atoms with Crippen molar-refractivity contribution in [2.24, 2.45) is 11.8 Å². The molecule has 0 spiro atoms. The number of carbonyl (C=O) groups is 3. The molecule has 0 radical (unpaired) electrons. The number of hydrogen-bond donors (Lipinski definition) is 5. The largest absolute Gasteiger partial charge is 0.479 e. The number of hydrogen-bond acceptors (Lipinski definition) is 9. The minimum Gasteiger partial charge on any atom is -0.479 e. The topological polar surface area (TPSA) is 191 Å². The van der Waals surface area contributed by atoms with E-state index in [1.807, 2.05) is 30.3 Å². The molecule has 2 saturated heterocycles. The van der Waals surface area contributed by atoms with E-state index < -0.39 is 68.1 Å². The van der Waals surface area contributed by atoms with Crippen molar-refractivity contribution < 1.29 is 53.7 Å². The first-order chi connectivity index (χ1) is 20.0. The van der Waals surface area contributed by atoms with Crippen LogP contribution in [-0.4, -0.2) is 104 Å². The fourth-order valence-corrected chi connectivity index (χ4v) is 7.85. The van der Waals surface area contributed by atoms with Gasteiger partial charge in [-0.15, -0.1) is 0 Å². The molecule has 0 aromatic heterocycles. The highest BCUT2D eigenvalue weighted by Crippen LogP contribution is 2.44. The predicted octanol–water partition coefficient (Wildman–Crippen LogP) is 1.51.